The Balaban J connectivity index is 1.71. The molecule has 0 bridgehead atoms. The van der Waals surface area contributed by atoms with E-state index in [0.717, 1.165) is 17.5 Å². The minimum absolute atomic E-state index is 0.0994. The van der Waals surface area contributed by atoms with Crippen LogP contribution in [0, 0.1) is 6.92 Å². The quantitative estimate of drug-likeness (QED) is 0.409. The molecule has 0 saturated carbocycles. The summed E-state index contributed by atoms with van der Waals surface area (Å²) in [5.74, 6) is -1.19. The second-order valence-corrected chi connectivity index (χ2v) is 11.9. The molecule has 0 spiro atoms. The van der Waals surface area contributed by atoms with E-state index < -0.39 is 21.9 Å². The molecule has 0 fully saturated rings. The first kappa shape index (κ1) is 28.4. The summed E-state index contributed by atoms with van der Waals surface area (Å²) in [7, 11) is -0.634. The average molecular weight is 555 g/mol. The van der Waals surface area contributed by atoms with Gasteiger partial charge in [0.2, 0.25) is 10.0 Å². The average Bonchev–Trinajstić information content (AvgIpc) is 3.34. The van der Waals surface area contributed by atoms with Gasteiger partial charge in [-0.1, -0.05) is 43.7 Å². The van der Waals surface area contributed by atoms with Gasteiger partial charge in [0.1, 0.15) is 22.5 Å². The Labute approximate surface area is 229 Å². The van der Waals surface area contributed by atoms with Gasteiger partial charge in [0, 0.05) is 20.6 Å². The van der Waals surface area contributed by atoms with Crippen LogP contribution in [0.15, 0.2) is 63.9 Å². The van der Waals surface area contributed by atoms with Crippen molar-refractivity contribution in [2.45, 2.75) is 56.6 Å². The SMILES string of the molecule is CCC[C@@H]1CN(Cc2cc(C(CC(=O)O)c3ccc(C(=O)N(C)C)o3)ccc2C)S(=O)(=O)c2ccccc2O1. The number of carboxylic acids is 1. The van der Waals surface area contributed by atoms with E-state index in [1.807, 2.05) is 32.0 Å². The number of carbonyl (C=O) groups excluding carboxylic acids is 1. The molecule has 208 valence electrons. The van der Waals surface area contributed by atoms with Crippen molar-refractivity contribution in [2.75, 3.05) is 20.6 Å². The number of hydrogen-bond acceptors (Lipinski definition) is 6. The van der Waals surface area contributed by atoms with E-state index in [1.165, 1.54) is 15.3 Å². The fourth-order valence-electron chi connectivity index (χ4n) is 4.76. The van der Waals surface area contributed by atoms with Gasteiger partial charge in [-0.2, -0.15) is 4.31 Å². The van der Waals surface area contributed by atoms with E-state index in [2.05, 4.69) is 0 Å². The van der Waals surface area contributed by atoms with Crippen LogP contribution in [0.1, 0.15) is 65.1 Å². The predicted octanol–water partition coefficient (Wildman–Crippen LogP) is 4.65. The van der Waals surface area contributed by atoms with Crippen LogP contribution >= 0.6 is 0 Å². The Hall–Kier alpha value is -3.63. The lowest BCUT2D eigenvalue weighted by atomic mass is 9.90. The van der Waals surface area contributed by atoms with Gasteiger partial charge in [-0.15, -0.1) is 0 Å². The maximum absolute atomic E-state index is 13.7. The minimum Gasteiger partial charge on any atom is -0.488 e. The molecular weight excluding hydrogens is 520 g/mol. The molecule has 1 unspecified atom stereocenters. The standard InChI is InChI=1S/C29H34N2O7S/c1-5-8-22-18-31(39(35,36)27-10-7-6-9-25(27)37-22)17-21-15-20(12-11-19(21)2)23(16-28(32)33)24-13-14-26(38-24)29(34)30(3)4/h6-7,9-15,22-23H,5,8,16-18H2,1-4H3,(H,32,33)/t22-,23?/m1/s1. The Morgan fingerprint density at radius 2 is 1.87 bits per heavy atom. The minimum atomic E-state index is -3.85. The molecule has 2 heterocycles. The maximum Gasteiger partial charge on any atom is 0.304 e. The van der Waals surface area contributed by atoms with E-state index in [9.17, 15) is 23.1 Å². The zero-order chi connectivity index (χ0) is 28.3. The number of aryl methyl sites for hydroxylation is 1. The van der Waals surface area contributed by atoms with Crippen LogP contribution < -0.4 is 4.74 Å². The highest BCUT2D eigenvalue weighted by Crippen LogP contribution is 2.35. The summed E-state index contributed by atoms with van der Waals surface area (Å²) >= 11 is 0. The molecule has 0 radical (unpaired) electrons. The number of ether oxygens (including phenoxy) is 1. The Bertz CT molecular complexity index is 1460. The van der Waals surface area contributed by atoms with E-state index in [4.69, 9.17) is 9.15 Å². The Morgan fingerprint density at radius 3 is 2.56 bits per heavy atom. The van der Waals surface area contributed by atoms with E-state index >= 15 is 0 Å². The van der Waals surface area contributed by atoms with Gasteiger partial charge in [0.15, 0.2) is 5.76 Å². The third kappa shape index (κ3) is 6.17. The molecule has 3 aromatic rings. The first-order chi connectivity index (χ1) is 18.5. The lowest BCUT2D eigenvalue weighted by Crippen LogP contribution is -2.36. The zero-order valence-corrected chi connectivity index (χ0v) is 23.4. The van der Waals surface area contributed by atoms with Crippen molar-refractivity contribution < 1.29 is 32.3 Å². The molecule has 1 aromatic heterocycles. The number of hydrogen-bond donors (Lipinski definition) is 1. The Morgan fingerprint density at radius 1 is 1.13 bits per heavy atom. The number of carbonyl (C=O) groups is 2. The van der Waals surface area contributed by atoms with Crippen LogP contribution in [0.2, 0.25) is 0 Å². The lowest BCUT2D eigenvalue weighted by Gasteiger charge is -2.24. The summed E-state index contributed by atoms with van der Waals surface area (Å²) in [5, 5.41) is 9.65. The molecule has 9 nitrogen and oxygen atoms in total. The molecule has 1 N–H and O–H groups in total. The number of aliphatic carboxylic acids is 1. The molecule has 10 heteroatoms. The van der Waals surface area contributed by atoms with Crippen molar-refractivity contribution in [1.82, 2.24) is 9.21 Å². The van der Waals surface area contributed by atoms with Crippen molar-refractivity contribution in [3.8, 4) is 5.75 Å². The fourth-order valence-corrected chi connectivity index (χ4v) is 6.34. The molecular formula is C29H34N2O7S. The van der Waals surface area contributed by atoms with Crippen LogP contribution in [-0.4, -0.2) is 61.4 Å². The van der Waals surface area contributed by atoms with Crippen LogP contribution in [0.4, 0.5) is 0 Å². The number of fused-ring (bicyclic) bond motifs is 1. The highest BCUT2D eigenvalue weighted by Gasteiger charge is 2.35. The van der Waals surface area contributed by atoms with Crippen molar-refractivity contribution in [3.63, 3.8) is 0 Å². The first-order valence-corrected chi connectivity index (χ1v) is 14.3. The van der Waals surface area contributed by atoms with E-state index in [-0.39, 0.29) is 42.2 Å². The van der Waals surface area contributed by atoms with Gasteiger partial charge in [0.25, 0.3) is 5.91 Å². The number of sulfonamides is 1. The van der Waals surface area contributed by atoms with Crippen molar-refractivity contribution in [3.05, 3.63) is 82.8 Å². The smallest absolute Gasteiger partial charge is 0.304 e. The third-order valence-corrected chi connectivity index (χ3v) is 8.72. The predicted molar refractivity (Wildman–Crippen MR) is 145 cm³/mol. The van der Waals surface area contributed by atoms with Gasteiger partial charge in [-0.05, 0) is 54.3 Å². The number of nitrogens with zero attached hydrogens (tertiary/aromatic N) is 2. The zero-order valence-electron chi connectivity index (χ0n) is 22.6. The first-order valence-electron chi connectivity index (χ1n) is 12.9. The summed E-state index contributed by atoms with van der Waals surface area (Å²) in [5.41, 5.74) is 2.28. The number of benzene rings is 2. The van der Waals surface area contributed by atoms with Gasteiger partial charge >= 0.3 is 5.97 Å². The molecule has 2 atom stereocenters. The maximum atomic E-state index is 13.7. The summed E-state index contributed by atoms with van der Waals surface area (Å²) in [6, 6.07) is 15.3. The van der Waals surface area contributed by atoms with Crippen LogP contribution in [0.25, 0.3) is 0 Å². The van der Waals surface area contributed by atoms with Gasteiger partial charge < -0.3 is 19.2 Å². The van der Waals surface area contributed by atoms with Gasteiger partial charge in [0.05, 0.1) is 18.9 Å². The second kappa shape index (κ2) is 11.6. The highest BCUT2D eigenvalue weighted by molar-refractivity contribution is 7.89. The fraction of sp³-hybridized carbons (Fsp3) is 0.379. The third-order valence-electron chi connectivity index (χ3n) is 6.87. The van der Waals surface area contributed by atoms with E-state index in [0.29, 0.717) is 23.5 Å². The van der Waals surface area contributed by atoms with Gasteiger partial charge in [-0.25, -0.2) is 8.42 Å². The van der Waals surface area contributed by atoms with Crippen molar-refractivity contribution in [2.24, 2.45) is 0 Å². The van der Waals surface area contributed by atoms with Crippen LogP contribution in [-0.2, 0) is 21.4 Å². The molecule has 1 aliphatic heterocycles. The number of para-hydroxylation sites is 1. The molecule has 39 heavy (non-hydrogen) atoms. The van der Waals surface area contributed by atoms with Crippen LogP contribution in [0.3, 0.4) is 0 Å². The van der Waals surface area contributed by atoms with Crippen LogP contribution in [0.5, 0.6) is 5.75 Å². The normalized spacial score (nSPS) is 17.5. The van der Waals surface area contributed by atoms with Gasteiger partial charge in [-0.3, -0.25) is 9.59 Å². The number of furan rings is 1. The Kier molecular flexibility index (Phi) is 8.46. The number of rotatable bonds is 9. The lowest BCUT2D eigenvalue weighted by molar-refractivity contribution is -0.137. The molecule has 1 aliphatic rings. The summed E-state index contributed by atoms with van der Waals surface area (Å²) in [4.78, 5) is 25.7. The summed E-state index contributed by atoms with van der Waals surface area (Å²) in [6.45, 7) is 4.22. The highest BCUT2D eigenvalue weighted by atomic mass is 32.2. The second-order valence-electron chi connectivity index (χ2n) is 10.0. The number of amides is 1. The van der Waals surface area contributed by atoms with E-state index in [1.54, 1.807) is 44.4 Å². The summed E-state index contributed by atoms with van der Waals surface area (Å²) < 4.78 is 40.8. The van der Waals surface area contributed by atoms with Crippen molar-refractivity contribution >= 4 is 21.9 Å². The van der Waals surface area contributed by atoms with Crippen molar-refractivity contribution in [1.29, 1.82) is 0 Å². The summed E-state index contributed by atoms with van der Waals surface area (Å²) in [6.07, 6.45) is 0.987. The molecule has 1 amide bonds. The topological polar surface area (TPSA) is 117 Å². The molecule has 0 saturated heterocycles. The molecule has 0 aliphatic carbocycles. The largest absolute Gasteiger partial charge is 0.488 e. The molecule has 2 aromatic carbocycles. The molecule has 4 rings (SSSR count). The number of carboxylic acid groups (broad SMARTS) is 1. The monoisotopic (exact) mass is 554 g/mol.